The van der Waals surface area contributed by atoms with Crippen LogP contribution in [-0.4, -0.2) is 74.3 Å². The largest absolute Gasteiger partial charge is 0.489 e. The smallest absolute Gasteiger partial charge is 0.336 e. The Morgan fingerprint density at radius 2 is 0.548 bits per heavy atom. The van der Waals surface area contributed by atoms with Gasteiger partial charge in [0, 0.05) is 74.1 Å². The van der Waals surface area contributed by atoms with Crippen molar-refractivity contribution in [3.63, 3.8) is 0 Å². The first kappa shape index (κ1) is 102. The fourth-order valence-corrected chi connectivity index (χ4v) is 18.2. The summed E-state index contributed by atoms with van der Waals surface area (Å²) in [6, 6.07) is 19.5. The normalized spacial score (nSPS) is 12.0. The number of carboxylic acid groups (broad SMARTS) is 1. The summed E-state index contributed by atoms with van der Waals surface area (Å²) >= 11 is 0. The van der Waals surface area contributed by atoms with Gasteiger partial charge in [-0.2, -0.15) is 0 Å². The minimum Gasteiger partial charge on any atom is -0.489 e. The highest BCUT2D eigenvalue weighted by atomic mass is 16.5. The average Bonchev–Trinajstić information content (AvgIpc) is 0.690. The van der Waals surface area contributed by atoms with Crippen LogP contribution < -0.4 is 44.4 Å². The number of carbonyl (C=O) groups excluding carboxylic acids is 3. The molecule has 0 unspecified atom stereocenters. The molecule has 0 spiro atoms. The lowest BCUT2D eigenvalue weighted by molar-refractivity contribution is 0.0697. The summed E-state index contributed by atoms with van der Waals surface area (Å²) in [5, 5.41) is 35.4. The zero-order valence-electron chi connectivity index (χ0n) is 78.5. The zero-order valence-corrected chi connectivity index (χ0v) is 78.5. The maximum atomic E-state index is 16.2. The van der Waals surface area contributed by atoms with Crippen molar-refractivity contribution in [1.82, 2.24) is 5.32 Å². The van der Waals surface area contributed by atoms with E-state index in [0.29, 0.717) is 140 Å². The van der Waals surface area contributed by atoms with E-state index in [0.717, 1.165) is 116 Å². The van der Waals surface area contributed by atoms with E-state index >= 15 is 4.79 Å². The van der Waals surface area contributed by atoms with Crippen LogP contribution >= 0.6 is 0 Å². The Bertz CT molecular complexity index is 4090. The number of carboxylic acids is 1. The lowest BCUT2D eigenvalue weighted by Crippen LogP contribution is -2.34. The van der Waals surface area contributed by atoms with Crippen LogP contribution in [0.3, 0.4) is 0 Å². The number of carbonyl (C=O) groups is 4. The predicted molar refractivity (Wildman–Crippen MR) is 522 cm³/mol. The molecular weight excluding hydrogens is 1540 g/mol. The SMILES string of the molecule is CCCCCCCCCCCCOc1cc(NC(=N)c2cc(C(=O)O)c3c4ccc5c6c(ccc(c7ccc(C(=O)Nc8cc(OCCCCCCCCCCCC)c(OCCCCCCCCCCCC)c(OCCCCCCCCCCCC)c8)c2c73)c64)C(=O)NC5=O)cc(OCCCCCCCCCCCC)c1OCCCCCCCCCCCC. The number of amides is 3. The van der Waals surface area contributed by atoms with Crippen molar-refractivity contribution in [2.24, 2.45) is 0 Å². The van der Waals surface area contributed by atoms with Crippen LogP contribution in [0.5, 0.6) is 34.5 Å². The van der Waals surface area contributed by atoms with Gasteiger partial charge in [-0.05, 0) is 89.7 Å². The molecule has 0 aliphatic carbocycles. The van der Waals surface area contributed by atoms with Gasteiger partial charge in [0.15, 0.2) is 23.0 Å². The van der Waals surface area contributed by atoms with Crippen LogP contribution in [0.1, 0.15) is 474 Å². The molecule has 5 N–H and O–H groups in total. The molecule has 15 heteroatoms. The van der Waals surface area contributed by atoms with Crippen LogP contribution in [0.4, 0.5) is 11.4 Å². The van der Waals surface area contributed by atoms with Gasteiger partial charge in [0.25, 0.3) is 17.7 Å². The highest BCUT2D eigenvalue weighted by Gasteiger charge is 2.32. The molecular formula is C109H166N4O11. The summed E-state index contributed by atoms with van der Waals surface area (Å²) in [6.45, 7) is 16.3. The second kappa shape index (κ2) is 61.6. The molecule has 0 bridgehead atoms. The van der Waals surface area contributed by atoms with Gasteiger partial charge in [0.2, 0.25) is 11.5 Å². The second-order valence-electron chi connectivity index (χ2n) is 36.2. The van der Waals surface area contributed by atoms with Crippen molar-refractivity contribution < 1.29 is 52.7 Å². The number of nitrogens with one attached hydrogen (secondary N) is 4. The molecule has 0 saturated heterocycles. The summed E-state index contributed by atoms with van der Waals surface area (Å²) in [4.78, 5) is 58.2. The first-order chi connectivity index (χ1) is 61.0. The molecule has 0 aromatic heterocycles. The molecule has 1 aliphatic rings. The van der Waals surface area contributed by atoms with E-state index in [9.17, 15) is 24.9 Å². The number of fused-ring (bicyclic) bond motifs is 2. The maximum Gasteiger partial charge on any atom is 0.336 e. The summed E-state index contributed by atoms with van der Waals surface area (Å²) in [5.41, 5.74) is 1.71. The molecule has 7 aromatic rings. The Labute approximate surface area is 749 Å². The quantitative estimate of drug-likeness (QED) is 0.00603. The number of amidine groups is 1. The van der Waals surface area contributed by atoms with Crippen LogP contribution in [0.25, 0.3) is 43.1 Å². The Morgan fingerprint density at radius 3 is 0.855 bits per heavy atom. The molecule has 3 amide bonds. The number of hydrogen-bond acceptors (Lipinski definition) is 11. The van der Waals surface area contributed by atoms with Crippen molar-refractivity contribution >= 4 is 84.0 Å². The topological polar surface area (TPSA) is 204 Å². The van der Waals surface area contributed by atoms with Gasteiger partial charge >= 0.3 is 5.97 Å². The van der Waals surface area contributed by atoms with E-state index in [1.54, 1.807) is 24.3 Å². The predicted octanol–water partition coefficient (Wildman–Crippen LogP) is 32.8. The molecule has 1 heterocycles. The van der Waals surface area contributed by atoms with E-state index in [1.807, 2.05) is 36.4 Å². The molecule has 124 heavy (non-hydrogen) atoms. The minimum absolute atomic E-state index is 0.121. The fraction of sp³-hybridized carbons (Fsp3) is 0.661. The number of hydrogen-bond donors (Lipinski definition) is 5. The number of ether oxygens (including phenoxy) is 6. The van der Waals surface area contributed by atoms with Gasteiger partial charge in [0.1, 0.15) is 5.84 Å². The summed E-state index contributed by atoms with van der Waals surface area (Å²) in [6.07, 6.45) is 71.4. The van der Waals surface area contributed by atoms with Crippen LogP contribution in [0.2, 0.25) is 0 Å². The Morgan fingerprint density at radius 1 is 0.282 bits per heavy atom. The molecule has 1 aliphatic heterocycles. The van der Waals surface area contributed by atoms with Gasteiger partial charge < -0.3 is 44.2 Å². The minimum atomic E-state index is -1.26. The number of rotatable bonds is 77. The third kappa shape index (κ3) is 34.7. The van der Waals surface area contributed by atoms with Crippen molar-refractivity contribution in [3.8, 4) is 34.5 Å². The summed E-state index contributed by atoms with van der Waals surface area (Å²) in [5.74, 6) is 0.0207. The molecule has 0 fully saturated rings. The fourth-order valence-electron chi connectivity index (χ4n) is 18.2. The molecule has 15 nitrogen and oxygen atoms in total. The highest BCUT2D eigenvalue weighted by Crippen LogP contribution is 2.49. The maximum absolute atomic E-state index is 16.2. The van der Waals surface area contributed by atoms with E-state index in [-0.39, 0.29) is 22.5 Å². The third-order valence-electron chi connectivity index (χ3n) is 25.5. The molecule has 0 radical (unpaired) electrons. The second-order valence-corrected chi connectivity index (χ2v) is 36.2. The molecule has 8 rings (SSSR count). The van der Waals surface area contributed by atoms with Crippen molar-refractivity contribution in [2.45, 2.75) is 427 Å². The monoisotopic (exact) mass is 1710 g/mol. The van der Waals surface area contributed by atoms with E-state index in [1.165, 1.54) is 276 Å². The molecule has 688 valence electrons. The van der Waals surface area contributed by atoms with E-state index in [2.05, 4.69) is 57.5 Å². The standard InChI is InChI=1S/C109H166N4O11/c1-7-13-19-25-31-37-43-49-55-61-73-119-94-79-84(80-95(120-74-62-56-50-44-38-32-26-20-14-8-2)103(94)123-77-65-59-53-47-41-35-29-23-17-11-5)111-105(110)92-83-93(109(117)118)99-88-69-72-90-100-89(107(115)113-108(90)116)70-67-86(98(88)100)87-68-71-91(101(92)102(87)99)106(114)112-85-81-96(121-75-63-57-51-45-39-33-27-21-15-9-3)104(124-78-66-60-54-48-42-36-30-24-18-12-6)97(82-85)122-76-64-58-52-46-40-34-28-22-16-10-4/h67-72,79-83H,7-66,73-78H2,1-6H3,(H2,110,111)(H,112,114)(H,117,118)(H,113,115,116). The van der Waals surface area contributed by atoms with Gasteiger partial charge in [0.05, 0.1) is 45.2 Å². The van der Waals surface area contributed by atoms with Gasteiger partial charge in [-0.3, -0.25) is 25.1 Å². The Hall–Kier alpha value is -7.81. The van der Waals surface area contributed by atoms with Crippen LogP contribution in [0.15, 0.2) is 66.7 Å². The molecule has 7 aromatic carbocycles. The Balaban J connectivity index is 1.20. The zero-order chi connectivity index (χ0) is 87.8. The first-order valence-corrected chi connectivity index (χ1v) is 51.1. The molecule has 0 atom stereocenters. The Kier molecular flexibility index (Phi) is 50.4. The number of unbranched alkanes of at least 4 members (excludes halogenated alkanes) is 54. The highest BCUT2D eigenvalue weighted by molar-refractivity contribution is 6.42. The average molecular weight is 1710 g/mol. The van der Waals surface area contributed by atoms with Crippen LogP contribution in [-0.2, 0) is 0 Å². The van der Waals surface area contributed by atoms with Gasteiger partial charge in [-0.15, -0.1) is 0 Å². The first-order valence-electron chi connectivity index (χ1n) is 51.1. The number of benzene rings is 7. The van der Waals surface area contributed by atoms with Crippen molar-refractivity contribution in [2.75, 3.05) is 50.3 Å². The van der Waals surface area contributed by atoms with Crippen LogP contribution in [0, 0.1) is 5.41 Å². The number of anilines is 2. The van der Waals surface area contributed by atoms with Gasteiger partial charge in [-0.1, -0.05) is 406 Å². The molecule has 0 saturated carbocycles. The summed E-state index contributed by atoms with van der Waals surface area (Å²) in [7, 11) is 0. The van der Waals surface area contributed by atoms with Gasteiger partial charge in [-0.25, -0.2) is 4.79 Å². The van der Waals surface area contributed by atoms with E-state index < -0.39 is 23.7 Å². The van der Waals surface area contributed by atoms with E-state index in [4.69, 9.17) is 28.4 Å². The summed E-state index contributed by atoms with van der Waals surface area (Å²) < 4.78 is 41.3. The third-order valence-corrected chi connectivity index (χ3v) is 25.5. The lowest BCUT2D eigenvalue weighted by Gasteiger charge is -2.24. The number of imide groups is 1. The van der Waals surface area contributed by atoms with Crippen molar-refractivity contribution in [3.05, 3.63) is 94.5 Å². The number of aromatic carboxylic acids is 1. The van der Waals surface area contributed by atoms with Crippen molar-refractivity contribution in [1.29, 1.82) is 5.41 Å². The lowest BCUT2D eigenvalue weighted by atomic mass is 9.81.